The van der Waals surface area contributed by atoms with Crippen LogP contribution in [0.2, 0.25) is 0 Å². The van der Waals surface area contributed by atoms with Gasteiger partial charge in [-0.1, -0.05) is 29.8 Å². The van der Waals surface area contributed by atoms with E-state index in [1.165, 1.54) is 16.7 Å². The van der Waals surface area contributed by atoms with Crippen LogP contribution in [0.15, 0.2) is 42.5 Å². The lowest BCUT2D eigenvalue weighted by Crippen LogP contribution is -2.04. The maximum atomic E-state index is 10.9. The lowest BCUT2D eigenvalue weighted by atomic mass is 10.0. The Morgan fingerprint density at radius 2 is 1.95 bits per heavy atom. The molecule has 0 fully saturated rings. The van der Waals surface area contributed by atoms with Gasteiger partial charge in [0.05, 0.1) is 12.2 Å². The third-order valence-corrected chi connectivity index (χ3v) is 3.22. The number of carboxylic acids is 1. The number of rotatable bonds is 5. The summed E-state index contributed by atoms with van der Waals surface area (Å²) in [6.45, 7) is 4.70. The van der Waals surface area contributed by atoms with Crippen LogP contribution in [0.3, 0.4) is 0 Å². The van der Waals surface area contributed by atoms with Crippen molar-refractivity contribution in [3.05, 3.63) is 64.7 Å². The maximum absolute atomic E-state index is 10.9. The van der Waals surface area contributed by atoms with Gasteiger partial charge in [0.2, 0.25) is 0 Å². The van der Waals surface area contributed by atoms with Crippen molar-refractivity contribution in [1.82, 2.24) is 0 Å². The molecule has 20 heavy (non-hydrogen) atoms. The SMILES string of the molecule is Cc1ccc(CCOc2cccc(C(=O)O)c2)c(C)c1. The Balaban J connectivity index is 1.96. The van der Waals surface area contributed by atoms with Gasteiger partial charge >= 0.3 is 5.97 Å². The van der Waals surface area contributed by atoms with E-state index in [1.54, 1.807) is 24.3 Å². The van der Waals surface area contributed by atoms with Crippen LogP contribution in [-0.4, -0.2) is 17.7 Å². The lowest BCUT2D eigenvalue weighted by molar-refractivity contribution is 0.0696. The zero-order chi connectivity index (χ0) is 14.5. The van der Waals surface area contributed by atoms with Gasteiger partial charge in [0.15, 0.2) is 0 Å². The maximum Gasteiger partial charge on any atom is 0.335 e. The predicted molar refractivity (Wildman–Crippen MR) is 78.5 cm³/mol. The average Bonchev–Trinajstić information content (AvgIpc) is 2.41. The minimum absolute atomic E-state index is 0.244. The zero-order valence-corrected chi connectivity index (χ0v) is 11.7. The summed E-state index contributed by atoms with van der Waals surface area (Å²) >= 11 is 0. The van der Waals surface area contributed by atoms with Gasteiger partial charge in [0.25, 0.3) is 0 Å². The molecule has 0 unspecified atom stereocenters. The van der Waals surface area contributed by atoms with Gasteiger partial charge in [-0.15, -0.1) is 0 Å². The average molecular weight is 270 g/mol. The first-order chi connectivity index (χ1) is 9.56. The van der Waals surface area contributed by atoms with Gasteiger partial charge in [-0.2, -0.15) is 0 Å². The molecule has 0 aliphatic rings. The van der Waals surface area contributed by atoms with Crippen molar-refractivity contribution in [2.75, 3.05) is 6.61 Å². The molecule has 0 aromatic heterocycles. The standard InChI is InChI=1S/C17H18O3/c1-12-6-7-14(13(2)10-12)8-9-20-16-5-3-4-15(11-16)17(18)19/h3-7,10-11H,8-9H2,1-2H3,(H,18,19). The van der Waals surface area contributed by atoms with E-state index in [4.69, 9.17) is 9.84 Å². The van der Waals surface area contributed by atoms with E-state index in [2.05, 4.69) is 32.0 Å². The summed E-state index contributed by atoms with van der Waals surface area (Å²) in [7, 11) is 0. The number of ether oxygens (including phenoxy) is 1. The molecule has 104 valence electrons. The Hall–Kier alpha value is -2.29. The second-order valence-electron chi connectivity index (χ2n) is 4.86. The predicted octanol–water partition coefficient (Wildman–Crippen LogP) is 3.62. The molecule has 0 spiro atoms. The molecule has 0 heterocycles. The smallest absolute Gasteiger partial charge is 0.335 e. The molecule has 3 nitrogen and oxygen atoms in total. The van der Waals surface area contributed by atoms with Gasteiger partial charge in [-0.25, -0.2) is 4.79 Å². The van der Waals surface area contributed by atoms with Gasteiger partial charge in [-0.3, -0.25) is 0 Å². The lowest BCUT2D eigenvalue weighted by Gasteiger charge is -2.09. The minimum Gasteiger partial charge on any atom is -0.493 e. The molecule has 0 saturated carbocycles. The molecule has 1 N–H and O–H groups in total. The van der Waals surface area contributed by atoms with Crippen LogP contribution in [0.4, 0.5) is 0 Å². The second-order valence-corrected chi connectivity index (χ2v) is 4.86. The zero-order valence-electron chi connectivity index (χ0n) is 11.7. The van der Waals surface area contributed by atoms with Crippen LogP contribution in [0.25, 0.3) is 0 Å². The van der Waals surface area contributed by atoms with Crippen LogP contribution in [-0.2, 0) is 6.42 Å². The molecule has 0 amide bonds. The summed E-state index contributed by atoms with van der Waals surface area (Å²) in [6, 6.07) is 12.9. The number of carbonyl (C=O) groups is 1. The van der Waals surface area contributed by atoms with E-state index in [1.807, 2.05) is 0 Å². The third-order valence-electron chi connectivity index (χ3n) is 3.22. The van der Waals surface area contributed by atoms with Crippen LogP contribution in [0.5, 0.6) is 5.75 Å². The van der Waals surface area contributed by atoms with Crippen molar-refractivity contribution in [2.45, 2.75) is 20.3 Å². The highest BCUT2D eigenvalue weighted by Gasteiger charge is 2.04. The highest BCUT2D eigenvalue weighted by molar-refractivity contribution is 5.87. The first-order valence-corrected chi connectivity index (χ1v) is 6.58. The summed E-state index contributed by atoms with van der Waals surface area (Å²) in [5, 5.41) is 8.92. The molecule has 0 bridgehead atoms. The quantitative estimate of drug-likeness (QED) is 0.902. The van der Waals surface area contributed by atoms with Crippen LogP contribution < -0.4 is 4.74 Å². The summed E-state index contributed by atoms with van der Waals surface area (Å²) in [5.74, 6) is -0.348. The van der Waals surface area contributed by atoms with Crippen molar-refractivity contribution in [3.63, 3.8) is 0 Å². The van der Waals surface area contributed by atoms with Crippen molar-refractivity contribution in [3.8, 4) is 5.75 Å². The van der Waals surface area contributed by atoms with Crippen molar-refractivity contribution < 1.29 is 14.6 Å². The van der Waals surface area contributed by atoms with E-state index in [0.717, 1.165) is 6.42 Å². The Bertz CT molecular complexity index is 617. The Labute approximate surface area is 118 Å². The third kappa shape index (κ3) is 3.60. The number of carboxylic acid groups (broad SMARTS) is 1. The summed E-state index contributed by atoms with van der Waals surface area (Å²) in [4.78, 5) is 10.9. The fourth-order valence-electron chi connectivity index (χ4n) is 2.12. The fourth-order valence-corrected chi connectivity index (χ4v) is 2.12. The topological polar surface area (TPSA) is 46.5 Å². The van der Waals surface area contributed by atoms with Gasteiger partial charge in [-0.05, 0) is 43.2 Å². The molecule has 0 aliphatic carbocycles. The molecular formula is C17H18O3. The van der Waals surface area contributed by atoms with Crippen LogP contribution in [0, 0.1) is 13.8 Å². The molecular weight excluding hydrogens is 252 g/mol. The normalized spacial score (nSPS) is 10.3. The Morgan fingerprint density at radius 3 is 2.65 bits per heavy atom. The Morgan fingerprint density at radius 1 is 1.15 bits per heavy atom. The van der Waals surface area contributed by atoms with E-state index < -0.39 is 5.97 Å². The van der Waals surface area contributed by atoms with Crippen LogP contribution >= 0.6 is 0 Å². The van der Waals surface area contributed by atoms with Gasteiger partial charge in [0, 0.05) is 6.42 Å². The largest absolute Gasteiger partial charge is 0.493 e. The summed E-state index contributed by atoms with van der Waals surface area (Å²) < 4.78 is 5.62. The first-order valence-electron chi connectivity index (χ1n) is 6.58. The number of hydrogen-bond acceptors (Lipinski definition) is 2. The molecule has 0 radical (unpaired) electrons. The molecule has 0 atom stereocenters. The molecule has 2 aromatic rings. The van der Waals surface area contributed by atoms with Crippen molar-refractivity contribution >= 4 is 5.97 Å². The minimum atomic E-state index is -0.940. The van der Waals surface area contributed by atoms with E-state index in [9.17, 15) is 4.79 Å². The monoisotopic (exact) mass is 270 g/mol. The molecule has 2 rings (SSSR count). The number of hydrogen-bond donors (Lipinski definition) is 1. The van der Waals surface area contributed by atoms with Crippen molar-refractivity contribution in [2.24, 2.45) is 0 Å². The first kappa shape index (κ1) is 14.1. The second kappa shape index (κ2) is 6.24. The highest BCUT2D eigenvalue weighted by Crippen LogP contribution is 2.15. The fraction of sp³-hybridized carbons (Fsp3) is 0.235. The van der Waals surface area contributed by atoms with Gasteiger partial charge < -0.3 is 9.84 Å². The summed E-state index contributed by atoms with van der Waals surface area (Å²) in [6.07, 6.45) is 0.809. The van der Waals surface area contributed by atoms with Gasteiger partial charge in [0.1, 0.15) is 5.75 Å². The number of aromatic carboxylic acids is 1. The molecule has 0 aliphatic heterocycles. The van der Waals surface area contributed by atoms with E-state index in [0.29, 0.717) is 12.4 Å². The number of aryl methyl sites for hydroxylation is 2. The van der Waals surface area contributed by atoms with E-state index in [-0.39, 0.29) is 5.56 Å². The summed E-state index contributed by atoms with van der Waals surface area (Å²) in [5.41, 5.74) is 4.01. The number of benzene rings is 2. The molecule has 3 heteroatoms. The highest BCUT2D eigenvalue weighted by atomic mass is 16.5. The Kier molecular flexibility index (Phi) is 4.41. The molecule has 2 aromatic carbocycles. The van der Waals surface area contributed by atoms with E-state index >= 15 is 0 Å². The molecule has 0 saturated heterocycles. The van der Waals surface area contributed by atoms with Crippen LogP contribution in [0.1, 0.15) is 27.0 Å². The van der Waals surface area contributed by atoms with Crippen molar-refractivity contribution in [1.29, 1.82) is 0 Å².